The van der Waals surface area contributed by atoms with Crippen LogP contribution in [0.15, 0.2) is 12.1 Å². The van der Waals surface area contributed by atoms with Crippen molar-refractivity contribution in [3.05, 3.63) is 27.7 Å². The molecule has 1 aromatic carbocycles. The number of aryl methyl sites for hydroxylation is 1. The van der Waals surface area contributed by atoms with Gasteiger partial charge >= 0.3 is 0 Å². The molecule has 0 spiro atoms. The Morgan fingerprint density at radius 1 is 1.48 bits per heavy atom. The van der Waals surface area contributed by atoms with E-state index in [0.29, 0.717) is 45.1 Å². The second-order valence-corrected chi connectivity index (χ2v) is 8.30. The highest BCUT2D eigenvalue weighted by Crippen LogP contribution is 2.39. The normalized spacial score (nSPS) is 16.8. The fraction of sp³-hybridized carbons (Fsp3) is 0.412. The molecule has 0 aliphatic carbocycles. The number of amides is 1. The van der Waals surface area contributed by atoms with Gasteiger partial charge in [0.1, 0.15) is 16.1 Å². The van der Waals surface area contributed by atoms with Crippen molar-refractivity contribution in [1.29, 1.82) is 0 Å². The molecule has 1 saturated heterocycles. The van der Waals surface area contributed by atoms with Crippen molar-refractivity contribution in [2.45, 2.75) is 25.9 Å². The van der Waals surface area contributed by atoms with Crippen LogP contribution >= 0.6 is 34.5 Å². The summed E-state index contributed by atoms with van der Waals surface area (Å²) in [7, 11) is 1.59. The van der Waals surface area contributed by atoms with Crippen LogP contribution in [0.25, 0.3) is 10.2 Å². The lowest BCUT2D eigenvalue weighted by Crippen LogP contribution is -2.37. The Kier molecular flexibility index (Phi) is 5.27. The van der Waals surface area contributed by atoms with Gasteiger partial charge in [0.05, 0.1) is 35.2 Å². The molecule has 1 aliphatic heterocycles. The molecule has 3 aromatic rings. The van der Waals surface area contributed by atoms with Crippen LogP contribution in [0.5, 0.6) is 5.75 Å². The fourth-order valence-electron chi connectivity index (χ4n) is 3.01. The molecule has 1 fully saturated rings. The summed E-state index contributed by atoms with van der Waals surface area (Å²) in [5.41, 5.74) is 1.26. The van der Waals surface area contributed by atoms with E-state index in [1.807, 2.05) is 0 Å². The van der Waals surface area contributed by atoms with Crippen LogP contribution < -0.4 is 9.64 Å². The summed E-state index contributed by atoms with van der Waals surface area (Å²) < 4.78 is 15.8. The lowest BCUT2D eigenvalue weighted by molar-refractivity contribution is 0.0920. The maximum Gasteiger partial charge on any atom is 0.273 e. The number of hydrogen-bond acceptors (Lipinski definition) is 8. The van der Waals surface area contributed by atoms with Crippen LogP contribution in [0.4, 0.5) is 5.13 Å². The minimum absolute atomic E-state index is 0.0143. The van der Waals surface area contributed by atoms with Crippen LogP contribution in [0.1, 0.15) is 28.2 Å². The number of thiazole rings is 1. The van der Waals surface area contributed by atoms with E-state index in [-0.39, 0.29) is 12.0 Å². The van der Waals surface area contributed by atoms with E-state index in [1.165, 1.54) is 11.3 Å². The first-order chi connectivity index (χ1) is 13.1. The first kappa shape index (κ1) is 18.5. The second-order valence-electron chi connectivity index (χ2n) is 6.16. The quantitative estimate of drug-likeness (QED) is 0.617. The third kappa shape index (κ3) is 3.52. The molecule has 0 N–H and O–H groups in total. The zero-order valence-corrected chi connectivity index (χ0v) is 17.2. The average molecular weight is 425 g/mol. The maximum atomic E-state index is 13.2. The number of halogens is 1. The van der Waals surface area contributed by atoms with E-state index in [1.54, 1.807) is 31.1 Å². The summed E-state index contributed by atoms with van der Waals surface area (Å²) >= 11 is 8.80. The predicted molar refractivity (Wildman–Crippen MR) is 106 cm³/mol. The van der Waals surface area contributed by atoms with Crippen LogP contribution in [-0.2, 0) is 4.74 Å². The lowest BCUT2D eigenvalue weighted by Gasteiger charge is -2.22. The first-order valence-corrected chi connectivity index (χ1v) is 10.4. The number of carbonyl (C=O) groups is 1. The van der Waals surface area contributed by atoms with Crippen molar-refractivity contribution >= 4 is 55.7 Å². The highest BCUT2D eigenvalue weighted by Gasteiger charge is 2.29. The number of fused-ring (bicyclic) bond motifs is 1. The molecule has 1 unspecified atom stereocenters. The van der Waals surface area contributed by atoms with Crippen molar-refractivity contribution < 1.29 is 14.3 Å². The predicted octanol–water partition coefficient (Wildman–Crippen LogP) is 3.94. The largest absolute Gasteiger partial charge is 0.494 e. The smallest absolute Gasteiger partial charge is 0.273 e. The molecular weight excluding hydrogens is 408 g/mol. The van der Waals surface area contributed by atoms with Crippen LogP contribution in [0.3, 0.4) is 0 Å². The third-order valence-electron chi connectivity index (χ3n) is 4.40. The van der Waals surface area contributed by atoms with Crippen LogP contribution in [0, 0.1) is 6.92 Å². The molecule has 0 saturated carbocycles. The summed E-state index contributed by atoms with van der Waals surface area (Å²) in [5.74, 6) is 0.448. The molecule has 1 atom stereocenters. The van der Waals surface area contributed by atoms with E-state index in [0.717, 1.165) is 29.1 Å². The van der Waals surface area contributed by atoms with Crippen LogP contribution in [0.2, 0.25) is 5.02 Å². The summed E-state index contributed by atoms with van der Waals surface area (Å²) in [6, 6.07) is 3.55. The molecule has 142 valence electrons. The van der Waals surface area contributed by atoms with Crippen molar-refractivity contribution in [2.24, 2.45) is 0 Å². The summed E-state index contributed by atoms with van der Waals surface area (Å²) in [6.07, 6.45) is 1.89. The third-order valence-corrected chi connectivity index (χ3v) is 6.75. The van der Waals surface area contributed by atoms with Crippen molar-refractivity contribution in [3.8, 4) is 5.75 Å². The summed E-state index contributed by atoms with van der Waals surface area (Å²) in [6.45, 7) is 2.92. The van der Waals surface area contributed by atoms with Gasteiger partial charge in [-0.1, -0.05) is 27.4 Å². The van der Waals surface area contributed by atoms with E-state index in [9.17, 15) is 4.79 Å². The number of hydrogen-bond donors (Lipinski definition) is 0. The van der Waals surface area contributed by atoms with Crippen molar-refractivity contribution in [1.82, 2.24) is 14.6 Å². The molecule has 0 bridgehead atoms. The molecule has 4 rings (SSSR count). The second kappa shape index (κ2) is 7.67. The Hall–Kier alpha value is -1.81. The van der Waals surface area contributed by atoms with Gasteiger partial charge in [0, 0.05) is 6.61 Å². The Morgan fingerprint density at radius 3 is 3.00 bits per heavy atom. The Bertz CT molecular complexity index is 984. The number of aromatic nitrogens is 3. The topological polar surface area (TPSA) is 77.4 Å². The number of rotatable bonds is 5. The van der Waals surface area contributed by atoms with E-state index in [4.69, 9.17) is 21.1 Å². The van der Waals surface area contributed by atoms with Crippen LogP contribution in [-0.4, -0.2) is 46.8 Å². The molecule has 7 nitrogen and oxygen atoms in total. The molecule has 2 aromatic heterocycles. The van der Waals surface area contributed by atoms with Gasteiger partial charge in [-0.15, -0.1) is 5.10 Å². The van der Waals surface area contributed by atoms with E-state index >= 15 is 0 Å². The summed E-state index contributed by atoms with van der Waals surface area (Å²) in [5, 5.41) is 5.10. The minimum Gasteiger partial charge on any atom is -0.494 e. The van der Waals surface area contributed by atoms with E-state index < -0.39 is 0 Å². The number of anilines is 1. The molecule has 1 amide bonds. The van der Waals surface area contributed by atoms with Crippen molar-refractivity contribution in [2.75, 3.05) is 25.2 Å². The van der Waals surface area contributed by atoms with Gasteiger partial charge in [-0.2, -0.15) is 0 Å². The van der Waals surface area contributed by atoms with Gasteiger partial charge < -0.3 is 9.47 Å². The van der Waals surface area contributed by atoms with Gasteiger partial charge in [-0.3, -0.25) is 9.69 Å². The fourth-order valence-corrected chi connectivity index (χ4v) is 4.88. The Labute approximate surface area is 169 Å². The zero-order chi connectivity index (χ0) is 19.0. The minimum atomic E-state index is -0.174. The van der Waals surface area contributed by atoms with Gasteiger partial charge in [-0.05, 0) is 43.4 Å². The average Bonchev–Trinajstić information content (AvgIpc) is 3.40. The molecule has 0 radical (unpaired) electrons. The van der Waals surface area contributed by atoms with E-state index in [2.05, 4.69) is 14.6 Å². The van der Waals surface area contributed by atoms with Gasteiger partial charge in [-0.25, -0.2) is 4.98 Å². The number of methoxy groups -OCH3 is 1. The highest BCUT2D eigenvalue weighted by atomic mass is 35.5. The number of carbonyl (C=O) groups excluding carboxylic acids is 1. The van der Waals surface area contributed by atoms with Gasteiger partial charge in [0.15, 0.2) is 5.13 Å². The first-order valence-electron chi connectivity index (χ1n) is 8.44. The maximum absolute atomic E-state index is 13.2. The summed E-state index contributed by atoms with van der Waals surface area (Å²) in [4.78, 5) is 20.1. The number of benzene rings is 1. The monoisotopic (exact) mass is 424 g/mol. The molecule has 27 heavy (non-hydrogen) atoms. The SMILES string of the molecule is COc1ccc(Cl)c2sc(N(CC3CCCO3)C(=O)c3snnc3C)nc12. The molecular formula is C17H17ClN4O3S2. The molecule has 3 heterocycles. The van der Waals surface area contributed by atoms with Gasteiger partial charge in [0.2, 0.25) is 0 Å². The number of ether oxygens (including phenoxy) is 2. The molecule has 10 heteroatoms. The van der Waals surface area contributed by atoms with Crippen molar-refractivity contribution in [3.63, 3.8) is 0 Å². The highest BCUT2D eigenvalue weighted by molar-refractivity contribution is 7.23. The Morgan fingerprint density at radius 2 is 2.33 bits per heavy atom. The molecule has 1 aliphatic rings. The standard InChI is InChI=1S/C17H17ClN4O3S2/c1-9-14(27-21-20-9)16(23)22(8-10-4-3-7-25-10)17-19-13-12(24-2)6-5-11(18)15(13)26-17/h5-6,10H,3-4,7-8H2,1-2H3. The zero-order valence-electron chi connectivity index (χ0n) is 14.8. The Balaban J connectivity index is 1.78. The number of nitrogens with zero attached hydrogens (tertiary/aromatic N) is 4. The lowest BCUT2D eigenvalue weighted by atomic mass is 10.2. The van der Waals surface area contributed by atoms with Gasteiger partial charge in [0.25, 0.3) is 5.91 Å².